The van der Waals surface area contributed by atoms with Crippen molar-refractivity contribution in [3.8, 4) is 0 Å². The Bertz CT molecular complexity index is 676. The second-order valence-corrected chi connectivity index (χ2v) is 6.68. The average Bonchev–Trinajstić information content (AvgIpc) is 2.51. The van der Waals surface area contributed by atoms with Crippen molar-refractivity contribution in [1.29, 1.82) is 0 Å². The molecule has 2 aromatic carbocycles. The maximum absolute atomic E-state index is 11.9. The van der Waals surface area contributed by atoms with Crippen LogP contribution in [-0.4, -0.2) is 19.0 Å². The van der Waals surface area contributed by atoms with Crippen LogP contribution in [0.15, 0.2) is 46.9 Å². The summed E-state index contributed by atoms with van der Waals surface area (Å²) in [5, 5.41) is 6.94. The third-order valence-corrected chi connectivity index (χ3v) is 4.57. The quantitative estimate of drug-likeness (QED) is 0.674. The molecule has 0 heterocycles. The summed E-state index contributed by atoms with van der Waals surface area (Å²) in [6, 6.07) is 13.6. The van der Waals surface area contributed by atoms with E-state index >= 15 is 0 Å². The molecule has 0 saturated carbocycles. The lowest BCUT2D eigenvalue weighted by atomic mass is 10.1. The van der Waals surface area contributed by atoms with Crippen LogP contribution < -0.4 is 10.6 Å². The van der Waals surface area contributed by atoms with Gasteiger partial charge in [0.05, 0.1) is 0 Å². The van der Waals surface area contributed by atoms with Gasteiger partial charge >= 0.3 is 0 Å². The summed E-state index contributed by atoms with van der Waals surface area (Å²) in [5.41, 5.74) is 3.12. The van der Waals surface area contributed by atoms with E-state index in [1.807, 2.05) is 43.3 Å². The van der Waals surface area contributed by atoms with Gasteiger partial charge < -0.3 is 10.6 Å². The number of benzene rings is 2. The number of hydrogen-bond acceptors (Lipinski definition) is 2. The summed E-state index contributed by atoms with van der Waals surface area (Å²) >= 11 is 9.40. The van der Waals surface area contributed by atoms with E-state index in [2.05, 4.69) is 32.6 Å². The number of aryl methyl sites for hydroxylation is 1. The summed E-state index contributed by atoms with van der Waals surface area (Å²) in [6.45, 7) is 3.48. The Balaban J connectivity index is 1.65. The first kappa shape index (κ1) is 18.0. The number of carbonyl (C=O) groups excluding carboxylic acids is 1. The molecule has 0 aliphatic carbocycles. The molecule has 0 aliphatic heterocycles. The van der Waals surface area contributed by atoms with Gasteiger partial charge in [-0.25, -0.2) is 0 Å². The second-order valence-electron chi connectivity index (χ2n) is 5.39. The zero-order valence-electron chi connectivity index (χ0n) is 13.0. The van der Waals surface area contributed by atoms with Crippen molar-refractivity contribution in [3.63, 3.8) is 0 Å². The minimum absolute atomic E-state index is 0.0157. The van der Waals surface area contributed by atoms with E-state index in [1.165, 1.54) is 5.56 Å². The fourth-order valence-corrected chi connectivity index (χ4v) is 2.66. The highest BCUT2D eigenvalue weighted by atomic mass is 79.9. The highest BCUT2D eigenvalue weighted by molar-refractivity contribution is 9.10. The van der Waals surface area contributed by atoms with Crippen molar-refractivity contribution in [1.82, 2.24) is 5.32 Å². The molecule has 0 bridgehead atoms. The first-order valence-electron chi connectivity index (χ1n) is 7.56. The topological polar surface area (TPSA) is 41.1 Å². The van der Waals surface area contributed by atoms with Crippen molar-refractivity contribution < 1.29 is 4.79 Å². The molecular formula is C18H20BrClN2O. The molecule has 0 saturated heterocycles. The maximum atomic E-state index is 11.9. The van der Waals surface area contributed by atoms with Crippen LogP contribution in [0.2, 0.25) is 5.02 Å². The number of hydrogen-bond donors (Lipinski definition) is 2. The standard InChI is InChI=1S/C18H20BrClN2O/c1-13-11-16(5-6-17(13)19)22-18(23)8-10-21-9-7-14-3-2-4-15(20)12-14/h2-6,11-12,21H,7-10H2,1H3,(H,22,23). The smallest absolute Gasteiger partial charge is 0.225 e. The first-order chi connectivity index (χ1) is 11.0. The molecular weight excluding hydrogens is 376 g/mol. The SMILES string of the molecule is Cc1cc(NC(=O)CCNCCc2cccc(Cl)c2)ccc1Br. The molecule has 0 fully saturated rings. The fourth-order valence-electron chi connectivity index (χ4n) is 2.20. The third-order valence-electron chi connectivity index (χ3n) is 3.45. The molecule has 0 unspecified atom stereocenters. The van der Waals surface area contributed by atoms with Gasteiger partial charge in [-0.15, -0.1) is 0 Å². The number of carbonyl (C=O) groups is 1. The van der Waals surface area contributed by atoms with Crippen LogP contribution in [0, 0.1) is 6.92 Å². The van der Waals surface area contributed by atoms with Crippen molar-refractivity contribution in [2.75, 3.05) is 18.4 Å². The van der Waals surface area contributed by atoms with Crippen LogP contribution in [0.5, 0.6) is 0 Å². The first-order valence-corrected chi connectivity index (χ1v) is 8.73. The molecule has 2 aromatic rings. The molecule has 0 spiro atoms. The highest BCUT2D eigenvalue weighted by Gasteiger charge is 2.03. The molecule has 0 aliphatic rings. The van der Waals surface area contributed by atoms with Gasteiger partial charge in [-0.1, -0.05) is 39.7 Å². The normalized spacial score (nSPS) is 10.6. The number of nitrogens with one attached hydrogen (secondary N) is 2. The summed E-state index contributed by atoms with van der Waals surface area (Å²) < 4.78 is 1.04. The molecule has 3 nitrogen and oxygen atoms in total. The van der Waals surface area contributed by atoms with Crippen LogP contribution in [-0.2, 0) is 11.2 Å². The van der Waals surface area contributed by atoms with Gasteiger partial charge in [0.1, 0.15) is 0 Å². The average molecular weight is 396 g/mol. The fraction of sp³-hybridized carbons (Fsp3) is 0.278. The monoisotopic (exact) mass is 394 g/mol. The number of amides is 1. The number of rotatable bonds is 7. The minimum Gasteiger partial charge on any atom is -0.326 e. The Labute approximate surface area is 150 Å². The summed E-state index contributed by atoms with van der Waals surface area (Å²) in [5.74, 6) is 0.0157. The number of anilines is 1. The van der Waals surface area contributed by atoms with E-state index in [-0.39, 0.29) is 5.91 Å². The molecule has 23 heavy (non-hydrogen) atoms. The molecule has 2 rings (SSSR count). The summed E-state index contributed by atoms with van der Waals surface area (Å²) in [4.78, 5) is 11.9. The van der Waals surface area contributed by atoms with E-state index in [0.717, 1.165) is 33.7 Å². The lowest BCUT2D eigenvalue weighted by molar-refractivity contribution is -0.116. The van der Waals surface area contributed by atoms with Crippen LogP contribution in [0.1, 0.15) is 17.5 Å². The van der Waals surface area contributed by atoms with Gasteiger partial charge in [-0.3, -0.25) is 4.79 Å². The molecule has 0 atom stereocenters. The third kappa shape index (κ3) is 6.34. The second kappa shape index (κ2) is 9.06. The predicted octanol–water partition coefficient (Wildman–Crippen LogP) is 4.57. The van der Waals surface area contributed by atoms with Crippen LogP contribution >= 0.6 is 27.5 Å². The van der Waals surface area contributed by atoms with Gasteiger partial charge in [0.2, 0.25) is 5.91 Å². The van der Waals surface area contributed by atoms with E-state index in [1.54, 1.807) is 0 Å². The number of halogens is 2. The van der Waals surface area contributed by atoms with Gasteiger partial charge in [0, 0.05) is 28.1 Å². The van der Waals surface area contributed by atoms with E-state index in [4.69, 9.17) is 11.6 Å². The molecule has 0 aromatic heterocycles. The Kier molecular flexibility index (Phi) is 7.09. The minimum atomic E-state index is 0.0157. The Hall–Kier alpha value is -1.36. The summed E-state index contributed by atoms with van der Waals surface area (Å²) in [7, 11) is 0. The van der Waals surface area contributed by atoms with Crippen LogP contribution in [0.25, 0.3) is 0 Å². The maximum Gasteiger partial charge on any atom is 0.225 e. The van der Waals surface area contributed by atoms with E-state index in [9.17, 15) is 4.79 Å². The Morgan fingerprint density at radius 3 is 2.74 bits per heavy atom. The lowest BCUT2D eigenvalue weighted by Gasteiger charge is -2.08. The van der Waals surface area contributed by atoms with Gasteiger partial charge in [-0.2, -0.15) is 0 Å². The van der Waals surface area contributed by atoms with E-state index in [0.29, 0.717) is 13.0 Å². The van der Waals surface area contributed by atoms with Crippen molar-refractivity contribution in [2.24, 2.45) is 0 Å². The Morgan fingerprint density at radius 1 is 1.17 bits per heavy atom. The zero-order chi connectivity index (χ0) is 16.7. The molecule has 1 amide bonds. The van der Waals surface area contributed by atoms with E-state index < -0.39 is 0 Å². The van der Waals surface area contributed by atoms with Gasteiger partial charge in [0.15, 0.2) is 0 Å². The summed E-state index contributed by atoms with van der Waals surface area (Å²) in [6.07, 6.45) is 1.35. The van der Waals surface area contributed by atoms with Crippen LogP contribution in [0.3, 0.4) is 0 Å². The van der Waals surface area contributed by atoms with Gasteiger partial charge in [0.25, 0.3) is 0 Å². The molecule has 0 radical (unpaired) electrons. The van der Waals surface area contributed by atoms with Crippen molar-refractivity contribution >= 4 is 39.1 Å². The molecule has 122 valence electrons. The highest BCUT2D eigenvalue weighted by Crippen LogP contribution is 2.20. The van der Waals surface area contributed by atoms with Crippen LogP contribution in [0.4, 0.5) is 5.69 Å². The van der Waals surface area contributed by atoms with Gasteiger partial charge in [-0.05, 0) is 61.3 Å². The lowest BCUT2D eigenvalue weighted by Crippen LogP contribution is -2.23. The zero-order valence-corrected chi connectivity index (χ0v) is 15.4. The molecule has 2 N–H and O–H groups in total. The Morgan fingerprint density at radius 2 is 2.00 bits per heavy atom. The largest absolute Gasteiger partial charge is 0.326 e. The predicted molar refractivity (Wildman–Crippen MR) is 100 cm³/mol. The van der Waals surface area contributed by atoms with Crippen molar-refractivity contribution in [2.45, 2.75) is 19.8 Å². The molecule has 5 heteroatoms. The van der Waals surface area contributed by atoms with Crippen molar-refractivity contribution in [3.05, 3.63) is 63.1 Å².